The number of thioether (sulfide) groups is 1. The number of ether oxygens (including phenoxy) is 1. The van der Waals surface area contributed by atoms with Gasteiger partial charge in [0.05, 0.1) is 17.1 Å². The van der Waals surface area contributed by atoms with Crippen molar-refractivity contribution in [1.29, 1.82) is 0 Å². The van der Waals surface area contributed by atoms with Gasteiger partial charge in [-0.15, -0.1) is 6.58 Å². The molecule has 1 aliphatic heterocycles. The molecule has 2 N–H and O–H groups in total. The molecule has 2 aromatic rings. The maximum absolute atomic E-state index is 13.0. The monoisotopic (exact) mass is 395 g/mol. The van der Waals surface area contributed by atoms with Crippen LogP contribution in [0.25, 0.3) is 0 Å². The van der Waals surface area contributed by atoms with E-state index in [0.29, 0.717) is 33.6 Å². The predicted octanol–water partition coefficient (Wildman–Crippen LogP) is 3.61. The van der Waals surface area contributed by atoms with E-state index in [1.165, 1.54) is 17.8 Å². The van der Waals surface area contributed by atoms with Crippen molar-refractivity contribution in [3.05, 3.63) is 88.4 Å². The molecule has 0 unspecified atom stereocenters. The quantitative estimate of drug-likeness (QED) is 0.322. The van der Waals surface area contributed by atoms with Crippen LogP contribution in [0.5, 0.6) is 0 Å². The molecule has 1 aromatic heterocycles. The van der Waals surface area contributed by atoms with Gasteiger partial charge in [-0.1, -0.05) is 60.8 Å². The Morgan fingerprint density at radius 1 is 1.29 bits per heavy atom. The highest BCUT2D eigenvalue weighted by Gasteiger charge is 2.36. The molecule has 1 atom stereocenters. The Morgan fingerprint density at radius 2 is 2.04 bits per heavy atom. The highest BCUT2D eigenvalue weighted by Crippen LogP contribution is 2.39. The second-order valence-corrected chi connectivity index (χ2v) is 7.14. The number of allylic oxidation sites excluding steroid dienone is 1. The topological polar surface area (TPSA) is 84.1 Å². The first-order chi connectivity index (χ1) is 13.6. The van der Waals surface area contributed by atoms with Crippen molar-refractivity contribution >= 4 is 23.5 Å². The van der Waals surface area contributed by atoms with Crippen LogP contribution in [0.15, 0.2) is 76.9 Å². The Hall–Kier alpha value is -3.06. The molecule has 6 nitrogen and oxygen atoms in total. The Balaban J connectivity index is 2.15. The summed E-state index contributed by atoms with van der Waals surface area (Å²) in [5, 5.41) is 3.60. The molecule has 1 aromatic carbocycles. The number of hydrogen-bond acceptors (Lipinski definition) is 6. The molecule has 1 aliphatic rings. The number of aromatic nitrogens is 2. The third kappa shape index (κ3) is 3.94. The molecule has 0 fully saturated rings. The molecule has 2 heterocycles. The fraction of sp³-hybridized carbons (Fsp3) is 0.190. The summed E-state index contributed by atoms with van der Waals surface area (Å²) >= 11 is 1.38. The summed E-state index contributed by atoms with van der Waals surface area (Å²) in [5.41, 5.74) is 1.91. The first kappa shape index (κ1) is 19.7. The van der Waals surface area contributed by atoms with Crippen LogP contribution < -0.4 is 10.9 Å². The molecule has 0 bridgehead atoms. The van der Waals surface area contributed by atoms with Crippen LogP contribution in [0.2, 0.25) is 0 Å². The molecule has 0 spiro atoms. The minimum atomic E-state index is -0.579. The van der Waals surface area contributed by atoms with E-state index >= 15 is 0 Å². The number of aromatic amines is 1. The van der Waals surface area contributed by atoms with Crippen LogP contribution >= 0.6 is 11.8 Å². The van der Waals surface area contributed by atoms with E-state index in [2.05, 4.69) is 28.4 Å². The molecule has 144 valence electrons. The number of hydrogen-bond donors (Lipinski definition) is 2. The van der Waals surface area contributed by atoms with E-state index < -0.39 is 11.9 Å². The third-order valence-corrected chi connectivity index (χ3v) is 5.11. The zero-order chi connectivity index (χ0) is 20.1. The van der Waals surface area contributed by atoms with E-state index in [1.54, 1.807) is 13.0 Å². The highest BCUT2D eigenvalue weighted by atomic mass is 32.2. The molecule has 7 heteroatoms. The minimum absolute atomic E-state index is 0.0930. The van der Waals surface area contributed by atoms with Gasteiger partial charge in [0.25, 0.3) is 5.56 Å². The zero-order valence-electron chi connectivity index (χ0n) is 15.5. The van der Waals surface area contributed by atoms with Gasteiger partial charge in [-0.2, -0.15) is 0 Å². The molecule has 0 radical (unpaired) electrons. The van der Waals surface area contributed by atoms with Crippen molar-refractivity contribution in [2.24, 2.45) is 0 Å². The lowest BCUT2D eigenvalue weighted by Crippen LogP contribution is -2.31. The van der Waals surface area contributed by atoms with Crippen LogP contribution in [-0.2, 0) is 9.53 Å². The number of H-pyrrole nitrogens is 1. The lowest BCUT2D eigenvalue weighted by atomic mass is 9.82. The average Bonchev–Trinajstić information content (AvgIpc) is 2.70. The van der Waals surface area contributed by atoms with E-state index in [-0.39, 0.29) is 12.2 Å². The van der Waals surface area contributed by atoms with Crippen LogP contribution in [0, 0.1) is 0 Å². The number of esters is 1. The lowest BCUT2D eigenvalue weighted by molar-refractivity contribution is -0.138. The largest absolute Gasteiger partial charge is 0.458 e. The molecular formula is C21H21N3O3S. The first-order valence-corrected chi connectivity index (χ1v) is 9.74. The van der Waals surface area contributed by atoms with E-state index in [0.717, 1.165) is 5.56 Å². The van der Waals surface area contributed by atoms with Crippen LogP contribution in [0.3, 0.4) is 0 Å². The summed E-state index contributed by atoms with van der Waals surface area (Å²) < 4.78 is 5.28. The van der Waals surface area contributed by atoms with Gasteiger partial charge in [0, 0.05) is 11.4 Å². The van der Waals surface area contributed by atoms with Crippen molar-refractivity contribution in [2.75, 3.05) is 17.7 Å². The molecule has 0 aliphatic carbocycles. The zero-order valence-corrected chi connectivity index (χ0v) is 16.3. The van der Waals surface area contributed by atoms with Crippen LogP contribution in [0.1, 0.15) is 24.0 Å². The summed E-state index contributed by atoms with van der Waals surface area (Å²) in [6, 6.07) is 9.39. The van der Waals surface area contributed by atoms with E-state index in [4.69, 9.17) is 4.74 Å². The van der Waals surface area contributed by atoms with Gasteiger partial charge >= 0.3 is 5.97 Å². The Kier molecular flexibility index (Phi) is 6.16. The minimum Gasteiger partial charge on any atom is -0.458 e. The van der Waals surface area contributed by atoms with Gasteiger partial charge in [-0.3, -0.25) is 4.79 Å². The molecule has 28 heavy (non-hydrogen) atoms. The van der Waals surface area contributed by atoms with Gasteiger partial charge in [0.1, 0.15) is 12.4 Å². The summed E-state index contributed by atoms with van der Waals surface area (Å²) in [4.78, 5) is 33.1. The van der Waals surface area contributed by atoms with Gasteiger partial charge in [0.15, 0.2) is 5.16 Å². The van der Waals surface area contributed by atoms with E-state index in [1.807, 2.05) is 30.3 Å². The number of carbonyl (C=O) groups excluding carboxylic acids is 1. The summed E-state index contributed by atoms with van der Waals surface area (Å²) in [6.07, 6.45) is 3.25. The van der Waals surface area contributed by atoms with Gasteiger partial charge < -0.3 is 15.0 Å². The second-order valence-electron chi connectivity index (χ2n) is 6.13. The number of nitrogens with one attached hydrogen (secondary N) is 2. The summed E-state index contributed by atoms with van der Waals surface area (Å²) in [7, 11) is 0. The van der Waals surface area contributed by atoms with Crippen LogP contribution in [0.4, 0.5) is 5.82 Å². The number of nitrogens with zero attached hydrogens (tertiary/aromatic N) is 1. The number of benzene rings is 1. The second kappa shape index (κ2) is 8.75. The van der Waals surface area contributed by atoms with Gasteiger partial charge in [-0.25, -0.2) is 9.78 Å². The van der Waals surface area contributed by atoms with Gasteiger partial charge in [0.2, 0.25) is 0 Å². The Morgan fingerprint density at radius 3 is 2.71 bits per heavy atom. The number of rotatable bonds is 7. The van der Waals surface area contributed by atoms with E-state index in [9.17, 15) is 9.59 Å². The molecule has 0 saturated carbocycles. The van der Waals surface area contributed by atoms with Gasteiger partial charge in [-0.05, 0) is 12.5 Å². The fourth-order valence-electron chi connectivity index (χ4n) is 3.10. The van der Waals surface area contributed by atoms with Crippen molar-refractivity contribution < 1.29 is 9.53 Å². The maximum Gasteiger partial charge on any atom is 0.337 e. The van der Waals surface area contributed by atoms with Crippen molar-refractivity contribution in [3.63, 3.8) is 0 Å². The average molecular weight is 395 g/mol. The predicted molar refractivity (Wildman–Crippen MR) is 112 cm³/mol. The number of carbonyl (C=O) groups is 1. The standard InChI is InChI=1S/C21H21N3O3S/c1-4-11-27-20(26)15-13(3)22-18-17(16(15)14-9-7-6-8-10-14)19(25)24-21(23-18)28-12-5-2/h4-10,16H,1-2,11-12H2,3H3,(H2,22,23,24,25)/t16-/m0/s1. The van der Waals surface area contributed by atoms with Crippen LogP contribution in [-0.4, -0.2) is 28.3 Å². The molecule has 0 amide bonds. The normalized spacial score (nSPS) is 15.4. The van der Waals surface area contributed by atoms with Crippen molar-refractivity contribution in [1.82, 2.24) is 9.97 Å². The summed E-state index contributed by atoms with van der Waals surface area (Å²) in [5.74, 6) is -0.00190. The molecule has 3 rings (SSSR count). The Bertz CT molecular complexity index is 996. The first-order valence-electron chi connectivity index (χ1n) is 8.75. The lowest BCUT2D eigenvalue weighted by Gasteiger charge is -2.28. The third-order valence-electron chi connectivity index (χ3n) is 4.24. The highest BCUT2D eigenvalue weighted by molar-refractivity contribution is 7.99. The smallest absolute Gasteiger partial charge is 0.337 e. The Labute approximate surface area is 167 Å². The fourth-order valence-corrected chi connectivity index (χ4v) is 3.70. The summed E-state index contributed by atoms with van der Waals surface area (Å²) in [6.45, 7) is 9.13. The number of anilines is 1. The number of fused-ring (bicyclic) bond motifs is 1. The molecular weight excluding hydrogens is 374 g/mol. The maximum atomic E-state index is 13.0. The molecule has 0 saturated heterocycles. The van der Waals surface area contributed by atoms with Crippen molar-refractivity contribution in [3.8, 4) is 0 Å². The SMILES string of the molecule is C=CCOC(=O)C1=C(C)Nc2nc(SCC=C)[nH]c(=O)c2[C@H]1c1ccccc1. The van der Waals surface area contributed by atoms with Crippen molar-refractivity contribution in [2.45, 2.75) is 18.0 Å².